The second-order valence-electron chi connectivity index (χ2n) is 5.76. The molecule has 3 rings (SSSR count). The van der Waals surface area contributed by atoms with Crippen LogP contribution in [0.5, 0.6) is 0 Å². The molecule has 1 amide bonds. The molecular formula is C18H19N3O3. The Morgan fingerprint density at radius 2 is 1.88 bits per heavy atom. The van der Waals surface area contributed by atoms with E-state index in [4.69, 9.17) is 5.11 Å². The lowest BCUT2D eigenvalue weighted by Gasteiger charge is -2.36. The molecule has 0 bridgehead atoms. The number of amides is 1. The Bertz CT molecular complexity index is 725. The smallest absolute Gasteiger partial charge is 0.307 e. The largest absolute Gasteiger partial charge is 0.481 e. The highest BCUT2D eigenvalue weighted by Gasteiger charge is 2.22. The van der Waals surface area contributed by atoms with E-state index < -0.39 is 5.97 Å². The minimum atomic E-state index is -0.834. The number of rotatable bonds is 4. The van der Waals surface area contributed by atoms with Gasteiger partial charge in [0.2, 0.25) is 0 Å². The molecule has 6 nitrogen and oxygen atoms in total. The summed E-state index contributed by atoms with van der Waals surface area (Å²) in [5.41, 5.74) is 2.39. The van der Waals surface area contributed by atoms with Gasteiger partial charge in [-0.3, -0.25) is 14.6 Å². The van der Waals surface area contributed by atoms with Gasteiger partial charge in [-0.15, -0.1) is 0 Å². The summed E-state index contributed by atoms with van der Waals surface area (Å²) in [4.78, 5) is 31.3. The van der Waals surface area contributed by atoms with Crippen molar-refractivity contribution >= 4 is 17.6 Å². The molecule has 1 N–H and O–H groups in total. The summed E-state index contributed by atoms with van der Waals surface area (Å²) in [5, 5.41) is 8.91. The van der Waals surface area contributed by atoms with E-state index in [0.29, 0.717) is 18.7 Å². The van der Waals surface area contributed by atoms with Crippen LogP contribution in [0, 0.1) is 0 Å². The molecule has 24 heavy (non-hydrogen) atoms. The Balaban J connectivity index is 1.63. The van der Waals surface area contributed by atoms with Crippen molar-refractivity contribution in [1.82, 2.24) is 9.88 Å². The van der Waals surface area contributed by atoms with Gasteiger partial charge in [-0.2, -0.15) is 0 Å². The maximum Gasteiger partial charge on any atom is 0.307 e. The Hall–Kier alpha value is -2.89. The molecule has 1 aliphatic rings. The van der Waals surface area contributed by atoms with E-state index in [1.807, 2.05) is 29.2 Å². The number of pyridine rings is 1. The third kappa shape index (κ3) is 3.71. The van der Waals surface area contributed by atoms with Crippen molar-refractivity contribution < 1.29 is 14.7 Å². The molecule has 2 heterocycles. The first-order chi connectivity index (χ1) is 11.6. The summed E-state index contributed by atoms with van der Waals surface area (Å²) in [6.07, 6.45) is 3.26. The molecule has 0 unspecified atom stereocenters. The van der Waals surface area contributed by atoms with Gasteiger partial charge in [-0.05, 0) is 29.8 Å². The van der Waals surface area contributed by atoms with E-state index in [-0.39, 0.29) is 12.3 Å². The van der Waals surface area contributed by atoms with Crippen molar-refractivity contribution in [3.63, 3.8) is 0 Å². The fourth-order valence-corrected chi connectivity index (χ4v) is 2.88. The van der Waals surface area contributed by atoms with Gasteiger partial charge in [0.05, 0.1) is 12.0 Å². The third-order valence-corrected chi connectivity index (χ3v) is 4.11. The van der Waals surface area contributed by atoms with Crippen LogP contribution in [0.2, 0.25) is 0 Å². The van der Waals surface area contributed by atoms with Crippen LogP contribution >= 0.6 is 0 Å². The number of nitrogens with zero attached hydrogens (tertiary/aromatic N) is 3. The lowest BCUT2D eigenvalue weighted by atomic mass is 10.1. The fraction of sp³-hybridized carbons (Fsp3) is 0.278. The molecule has 0 atom stereocenters. The first-order valence-corrected chi connectivity index (χ1v) is 7.88. The normalized spacial score (nSPS) is 14.5. The molecule has 124 valence electrons. The number of carbonyl (C=O) groups is 2. The van der Waals surface area contributed by atoms with Crippen LogP contribution in [0.4, 0.5) is 5.69 Å². The molecule has 0 radical (unpaired) electrons. The summed E-state index contributed by atoms with van der Waals surface area (Å²) in [5.74, 6) is -0.832. The summed E-state index contributed by atoms with van der Waals surface area (Å²) >= 11 is 0. The quantitative estimate of drug-likeness (QED) is 0.926. The van der Waals surface area contributed by atoms with Gasteiger partial charge in [0.15, 0.2) is 0 Å². The van der Waals surface area contributed by atoms with E-state index >= 15 is 0 Å². The van der Waals surface area contributed by atoms with Crippen LogP contribution in [0.1, 0.15) is 15.9 Å². The highest BCUT2D eigenvalue weighted by atomic mass is 16.4. The highest BCUT2D eigenvalue weighted by molar-refractivity contribution is 5.94. The number of benzene rings is 1. The van der Waals surface area contributed by atoms with Crippen molar-refractivity contribution in [1.29, 1.82) is 0 Å². The molecular weight excluding hydrogens is 306 g/mol. The van der Waals surface area contributed by atoms with Gasteiger partial charge in [-0.25, -0.2) is 0 Å². The zero-order chi connectivity index (χ0) is 16.9. The first-order valence-electron chi connectivity index (χ1n) is 7.88. The number of carboxylic acid groups (broad SMARTS) is 1. The van der Waals surface area contributed by atoms with E-state index in [2.05, 4.69) is 9.88 Å². The van der Waals surface area contributed by atoms with E-state index in [9.17, 15) is 9.59 Å². The number of carboxylic acids is 1. The van der Waals surface area contributed by atoms with E-state index in [1.54, 1.807) is 24.5 Å². The third-order valence-electron chi connectivity index (χ3n) is 4.11. The molecule has 1 saturated heterocycles. The van der Waals surface area contributed by atoms with Gasteiger partial charge in [0, 0.05) is 44.3 Å². The van der Waals surface area contributed by atoms with Crippen molar-refractivity contribution in [2.75, 3.05) is 31.1 Å². The molecule has 0 saturated carbocycles. The standard InChI is InChI=1S/C18H19N3O3/c22-17(23)12-14-3-1-5-16(11-14)20-7-9-21(10-8-20)18(24)15-4-2-6-19-13-15/h1-6,11,13H,7-10,12H2,(H,22,23). The van der Waals surface area contributed by atoms with Crippen LogP contribution in [-0.4, -0.2) is 53.0 Å². The van der Waals surface area contributed by atoms with Gasteiger partial charge >= 0.3 is 5.97 Å². The monoisotopic (exact) mass is 325 g/mol. The number of aliphatic carboxylic acids is 1. The minimum absolute atomic E-state index is 0.00220. The molecule has 0 aliphatic carbocycles. The average Bonchev–Trinajstić information content (AvgIpc) is 2.62. The van der Waals surface area contributed by atoms with Crippen LogP contribution in [0.25, 0.3) is 0 Å². The minimum Gasteiger partial charge on any atom is -0.481 e. The van der Waals surface area contributed by atoms with Crippen LogP contribution in [-0.2, 0) is 11.2 Å². The maximum atomic E-state index is 12.4. The lowest BCUT2D eigenvalue weighted by molar-refractivity contribution is -0.136. The van der Waals surface area contributed by atoms with Crippen LogP contribution < -0.4 is 4.90 Å². The Morgan fingerprint density at radius 3 is 2.54 bits per heavy atom. The Labute approximate surface area is 140 Å². The second-order valence-corrected chi connectivity index (χ2v) is 5.76. The number of hydrogen-bond acceptors (Lipinski definition) is 4. The van der Waals surface area contributed by atoms with Gasteiger partial charge < -0.3 is 14.9 Å². The van der Waals surface area contributed by atoms with Crippen LogP contribution in [0.3, 0.4) is 0 Å². The summed E-state index contributed by atoms with van der Waals surface area (Å²) in [6, 6.07) is 11.1. The predicted octanol–water partition coefficient (Wildman–Crippen LogP) is 1.67. The number of aromatic nitrogens is 1. The van der Waals surface area contributed by atoms with Crippen molar-refractivity contribution in [2.24, 2.45) is 0 Å². The topological polar surface area (TPSA) is 73.7 Å². The van der Waals surface area contributed by atoms with E-state index in [0.717, 1.165) is 24.3 Å². The predicted molar refractivity (Wildman–Crippen MR) is 90.1 cm³/mol. The van der Waals surface area contributed by atoms with E-state index in [1.165, 1.54) is 0 Å². The lowest BCUT2D eigenvalue weighted by Crippen LogP contribution is -2.48. The fourth-order valence-electron chi connectivity index (χ4n) is 2.88. The molecule has 0 spiro atoms. The SMILES string of the molecule is O=C(O)Cc1cccc(N2CCN(C(=O)c3cccnc3)CC2)c1. The van der Waals surface area contributed by atoms with Crippen molar-refractivity contribution in [3.8, 4) is 0 Å². The summed E-state index contributed by atoms with van der Waals surface area (Å²) < 4.78 is 0. The number of piperazine rings is 1. The number of carbonyl (C=O) groups excluding carboxylic acids is 1. The summed E-state index contributed by atoms with van der Waals surface area (Å²) in [7, 11) is 0. The molecule has 6 heteroatoms. The van der Waals surface area contributed by atoms with Gasteiger partial charge in [-0.1, -0.05) is 12.1 Å². The van der Waals surface area contributed by atoms with Crippen molar-refractivity contribution in [2.45, 2.75) is 6.42 Å². The second kappa shape index (κ2) is 7.12. The summed E-state index contributed by atoms with van der Waals surface area (Å²) in [6.45, 7) is 2.72. The zero-order valence-electron chi connectivity index (χ0n) is 13.3. The molecule has 1 aliphatic heterocycles. The Morgan fingerprint density at radius 1 is 1.08 bits per heavy atom. The zero-order valence-corrected chi connectivity index (χ0v) is 13.3. The van der Waals surface area contributed by atoms with Gasteiger partial charge in [0.25, 0.3) is 5.91 Å². The molecule has 1 fully saturated rings. The average molecular weight is 325 g/mol. The van der Waals surface area contributed by atoms with Crippen LogP contribution in [0.15, 0.2) is 48.8 Å². The first kappa shape index (κ1) is 16.0. The molecule has 1 aromatic heterocycles. The highest BCUT2D eigenvalue weighted by Crippen LogP contribution is 2.19. The number of anilines is 1. The van der Waals surface area contributed by atoms with Crippen molar-refractivity contribution in [3.05, 3.63) is 59.9 Å². The number of hydrogen-bond donors (Lipinski definition) is 1. The Kier molecular flexibility index (Phi) is 4.74. The van der Waals surface area contributed by atoms with Gasteiger partial charge in [0.1, 0.15) is 0 Å². The molecule has 2 aromatic rings. The maximum absolute atomic E-state index is 12.4. The molecule has 1 aromatic carbocycles.